The van der Waals surface area contributed by atoms with Crippen molar-refractivity contribution in [3.8, 4) is 0 Å². The van der Waals surface area contributed by atoms with E-state index in [9.17, 15) is 8.78 Å². The van der Waals surface area contributed by atoms with Gasteiger partial charge in [-0.05, 0) is 43.9 Å². The summed E-state index contributed by atoms with van der Waals surface area (Å²) >= 11 is 0. The Morgan fingerprint density at radius 2 is 1.35 bits per heavy atom. The summed E-state index contributed by atoms with van der Waals surface area (Å²) < 4.78 is 43.9. The van der Waals surface area contributed by atoms with Gasteiger partial charge in [-0.15, -0.1) is 0 Å². The smallest absolute Gasteiger partial charge is 0.195 e. The molecule has 2 unspecified atom stereocenters. The van der Waals surface area contributed by atoms with E-state index in [1.807, 2.05) is 26.0 Å². The van der Waals surface area contributed by atoms with E-state index < -0.39 is 17.9 Å². The van der Waals surface area contributed by atoms with Crippen molar-refractivity contribution in [3.05, 3.63) is 58.4 Å². The third kappa shape index (κ3) is 13.3. The van der Waals surface area contributed by atoms with E-state index in [4.69, 9.17) is 14.2 Å². The van der Waals surface area contributed by atoms with Crippen molar-refractivity contribution in [1.82, 2.24) is 0 Å². The van der Waals surface area contributed by atoms with E-state index >= 15 is 0 Å². The SMILES string of the molecule is CC.CCC.CCc1ccc(COC(C)OCC(C)/C(C)=C(F)/C(F)=C(\C)OC)cc1. The van der Waals surface area contributed by atoms with Crippen LogP contribution in [0.1, 0.15) is 79.9 Å². The van der Waals surface area contributed by atoms with Crippen LogP contribution in [0.3, 0.4) is 0 Å². The van der Waals surface area contributed by atoms with Crippen LogP contribution in [0.15, 0.2) is 47.3 Å². The molecule has 3 nitrogen and oxygen atoms in total. The summed E-state index contributed by atoms with van der Waals surface area (Å²) in [5, 5.41) is 0. The highest BCUT2D eigenvalue weighted by Gasteiger charge is 2.17. The standard InChI is InChI=1S/C21H30F2O3.C3H8.C2H6/c1-7-18-8-10-19(11-9-18)13-26-17(5)25-12-14(2)15(3)20(22)21(23)16(4)24-6;1-3-2;1-2/h8-11,14,17H,7,12-13H2,1-6H3;3H2,1-2H3;1-2H3/b20-15-,21-16-;;. The minimum Gasteiger partial charge on any atom is -0.498 e. The molecule has 0 aliphatic carbocycles. The van der Waals surface area contributed by atoms with Gasteiger partial charge in [0.05, 0.1) is 20.3 Å². The molecule has 0 fully saturated rings. The Bertz CT molecular complexity index is 637. The summed E-state index contributed by atoms with van der Waals surface area (Å²) in [5.74, 6) is -2.25. The van der Waals surface area contributed by atoms with Crippen molar-refractivity contribution in [2.75, 3.05) is 13.7 Å². The fourth-order valence-corrected chi connectivity index (χ4v) is 2.17. The van der Waals surface area contributed by atoms with Crippen LogP contribution in [-0.4, -0.2) is 20.0 Å². The van der Waals surface area contributed by atoms with Crippen LogP contribution in [0, 0.1) is 5.92 Å². The minimum absolute atomic E-state index is 0.0826. The predicted molar refractivity (Wildman–Crippen MR) is 127 cm³/mol. The first-order valence-corrected chi connectivity index (χ1v) is 11.3. The van der Waals surface area contributed by atoms with Gasteiger partial charge >= 0.3 is 0 Å². The summed E-state index contributed by atoms with van der Waals surface area (Å²) in [4.78, 5) is 0. The number of hydrogen-bond donors (Lipinski definition) is 0. The Morgan fingerprint density at radius 1 is 0.871 bits per heavy atom. The normalized spacial score (nSPS) is 14.1. The van der Waals surface area contributed by atoms with E-state index in [0.29, 0.717) is 6.61 Å². The van der Waals surface area contributed by atoms with Crippen molar-refractivity contribution in [2.24, 2.45) is 5.92 Å². The summed E-state index contributed by atoms with van der Waals surface area (Å²) in [6.07, 6.45) is 1.81. The highest BCUT2D eigenvalue weighted by Crippen LogP contribution is 2.26. The molecule has 1 rings (SSSR count). The molecule has 0 heterocycles. The molecule has 180 valence electrons. The molecule has 0 saturated carbocycles. The monoisotopic (exact) mass is 442 g/mol. The molecular weight excluding hydrogens is 398 g/mol. The highest BCUT2D eigenvalue weighted by molar-refractivity contribution is 5.27. The largest absolute Gasteiger partial charge is 0.498 e. The zero-order valence-corrected chi connectivity index (χ0v) is 21.3. The Kier molecular flexibility index (Phi) is 19.3. The lowest BCUT2D eigenvalue weighted by Gasteiger charge is -2.19. The third-order valence-corrected chi connectivity index (χ3v) is 4.39. The summed E-state index contributed by atoms with van der Waals surface area (Å²) in [6.45, 7) is 17.5. The lowest BCUT2D eigenvalue weighted by atomic mass is 10.0. The van der Waals surface area contributed by atoms with E-state index in [1.54, 1.807) is 20.8 Å². The zero-order valence-electron chi connectivity index (χ0n) is 21.3. The topological polar surface area (TPSA) is 27.7 Å². The maximum atomic E-state index is 14.1. The molecule has 0 bridgehead atoms. The van der Waals surface area contributed by atoms with Crippen molar-refractivity contribution < 1.29 is 23.0 Å². The Balaban J connectivity index is 0. The summed E-state index contributed by atoms with van der Waals surface area (Å²) in [6, 6.07) is 8.22. The van der Waals surface area contributed by atoms with E-state index in [2.05, 4.69) is 32.9 Å². The molecule has 0 aliphatic heterocycles. The molecular formula is C26H44F2O3. The van der Waals surface area contributed by atoms with Gasteiger partial charge in [0, 0.05) is 5.92 Å². The van der Waals surface area contributed by atoms with E-state index in [0.717, 1.165) is 12.0 Å². The molecule has 0 spiro atoms. The van der Waals surface area contributed by atoms with Crippen LogP contribution in [0.5, 0.6) is 0 Å². The number of ether oxygens (including phenoxy) is 3. The van der Waals surface area contributed by atoms with E-state index in [-0.39, 0.29) is 23.9 Å². The maximum absolute atomic E-state index is 14.1. The van der Waals surface area contributed by atoms with Gasteiger partial charge in [-0.1, -0.05) is 72.2 Å². The number of allylic oxidation sites excluding steroid dienone is 3. The van der Waals surface area contributed by atoms with Gasteiger partial charge < -0.3 is 14.2 Å². The number of aryl methyl sites for hydroxylation is 1. The summed E-state index contributed by atoms with van der Waals surface area (Å²) in [7, 11) is 1.30. The second-order valence-corrected chi connectivity index (χ2v) is 7.06. The van der Waals surface area contributed by atoms with Crippen molar-refractivity contribution in [2.45, 2.75) is 88.1 Å². The molecule has 2 atom stereocenters. The molecule has 1 aromatic rings. The second kappa shape index (κ2) is 19.0. The van der Waals surface area contributed by atoms with Gasteiger partial charge in [0.25, 0.3) is 0 Å². The fourth-order valence-electron chi connectivity index (χ4n) is 2.17. The molecule has 31 heavy (non-hydrogen) atoms. The number of benzene rings is 1. The number of methoxy groups -OCH3 is 1. The summed E-state index contributed by atoms with van der Waals surface area (Å²) in [5.41, 5.74) is 2.62. The number of hydrogen-bond acceptors (Lipinski definition) is 3. The Labute approximate surface area is 189 Å². The minimum atomic E-state index is -0.975. The van der Waals surface area contributed by atoms with Gasteiger partial charge in [-0.2, -0.15) is 0 Å². The molecule has 0 radical (unpaired) electrons. The molecule has 0 saturated heterocycles. The van der Waals surface area contributed by atoms with Crippen LogP contribution >= 0.6 is 0 Å². The van der Waals surface area contributed by atoms with Crippen molar-refractivity contribution in [1.29, 1.82) is 0 Å². The third-order valence-electron chi connectivity index (χ3n) is 4.39. The van der Waals surface area contributed by atoms with Gasteiger partial charge in [-0.25, -0.2) is 8.78 Å². The lowest BCUT2D eigenvalue weighted by molar-refractivity contribution is -0.142. The highest BCUT2D eigenvalue weighted by atomic mass is 19.2. The molecule has 0 amide bonds. The average Bonchev–Trinajstić information content (AvgIpc) is 2.81. The first kappa shape index (κ1) is 31.5. The number of rotatable bonds is 10. The second-order valence-electron chi connectivity index (χ2n) is 7.06. The molecule has 0 aromatic heterocycles. The first-order valence-electron chi connectivity index (χ1n) is 11.3. The van der Waals surface area contributed by atoms with Crippen LogP contribution in [0.25, 0.3) is 0 Å². The lowest BCUT2D eigenvalue weighted by Crippen LogP contribution is -2.18. The van der Waals surface area contributed by atoms with Gasteiger partial charge in [0.2, 0.25) is 0 Å². The number of halogens is 2. The van der Waals surface area contributed by atoms with Crippen LogP contribution in [-0.2, 0) is 27.2 Å². The van der Waals surface area contributed by atoms with Crippen LogP contribution in [0.4, 0.5) is 8.78 Å². The fraction of sp³-hybridized carbons (Fsp3) is 0.615. The maximum Gasteiger partial charge on any atom is 0.195 e. The van der Waals surface area contributed by atoms with E-state index in [1.165, 1.54) is 26.0 Å². The van der Waals surface area contributed by atoms with Crippen molar-refractivity contribution in [3.63, 3.8) is 0 Å². The predicted octanol–water partition coefficient (Wildman–Crippen LogP) is 8.30. The van der Waals surface area contributed by atoms with Gasteiger partial charge in [0.1, 0.15) is 5.76 Å². The molecule has 1 aromatic carbocycles. The first-order chi connectivity index (χ1) is 14.7. The Hall–Kier alpha value is -1.72. The molecule has 0 aliphatic rings. The van der Waals surface area contributed by atoms with Crippen LogP contribution < -0.4 is 0 Å². The van der Waals surface area contributed by atoms with Gasteiger partial charge in [0.15, 0.2) is 17.9 Å². The average molecular weight is 443 g/mol. The Morgan fingerprint density at radius 3 is 1.81 bits per heavy atom. The molecule has 0 N–H and O–H groups in total. The van der Waals surface area contributed by atoms with Gasteiger partial charge in [-0.3, -0.25) is 0 Å². The van der Waals surface area contributed by atoms with Crippen molar-refractivity contribution >= 4 is 0 Å². The molecule has 5 heteroatoms. The van der Waals surface area contributed by atoms with Crippen LogP contribution in [0.2, 0.25) is 0 Å². The quantitative estimate of drug-likeness (QED) is 0.207. The zero-order chi connectivity index (χ0) is 24.4.